The Morgan fingerprint density at radius 1 is 1.00 bits per heavy atom. The van der Waals surface area contributed by atoms with E-state index in [-0.39, 0.29) is 23.4 Å². The van der Waals surface area contributed by atoms with Gasteiger partial charge in [-0.05, 0) is 55.3 Å². The van der Waals surface area contributed by atoms with E-state index < -0.39 is 17.7 Å². The zero-order chi connectivity index (χ0) is 23.5. The van der Waals surface area contributed by atoms with E-state index >= 15 is 0 Å². The van der Waals surface area contributed by atoms with Gasteiger partial charge in [-0.15, -0.1) is 0 Å². The van der Waals surface area contributed by atoms with Crippen molar-refractivity contribution >= 4 is 69.1 Å². The lowest BCUT2D eigenvalue weighted by Gasteiger charge is -2.14. The number of anilines is 1. The van der Waals surface area contributed by atoms with Crippen molar-refractivity contribution < 1.29 is 19.1 Å². The van der Waals surface area contributed by atoms with E-state index in [1.807, 2.05) is 0 Å². The van der Waals surface area contributed by atoms with Crippen molar-refractivity contribution in [1.29, 1.82) is 0 Å². The van der Waals surface area contributed by atoms with Crippen LogP contribution in [-0.4, -0.2) is 41.7 Å². The molecule has 3 amide bonds. The highest BCUT2D eigenvalue weighted by molar-refractivity contribution is 6.42. The Hall–Kier alpha value is -2.78. The third-order valence-corrected chi connectivity index (χ3v) is 6.08. The number of aromatic nitrogens is 1. The number of amides is 3. The second-order valence-corrected chi connectivity index (χ2v) is 8.69. The minimum Gasteiger partial charge on any atom is -0.376 e. The average molecular weight is 510 g/mol. The first-order valence-corrected chi connectivity index (χ1v) is 11.2. The molecule has 2 aromatic carbocycles. The fourth-order valence-electron chi connectivity index (χ4n) is 3.49. The minimum atomic E-state index is -0.927. The Bertz CT molecular complexity index is 1240. The molecule has 0 bridgehead atoms. The van der Waals surface area contributed by atoms with Gasteiger partial charge >= 0.3 is 11.8 Å². The summed E-state index contributed by atoms with van der Waals surface area (Å²) in [6, 6.07) is 11.1. The summed E-state index contributed by atoms with van der Waals surface area (Å²) in [5.41, 5.74) is 3.46. The van der Waals surface area contributed by atoms with Crippen LogP contribution in [-0.2, 0) is 14.3 Å². The Morgan fingerprint density at radius 3 is 2.55 bits per heavy atom. The third kappa shape index (κ3) is 5.42. The van der Waals surface area contributed by atoms with Crippen LogP contribution in [0.2, 0.25) is 15.1 Å². The molecule has 1 aliphatic heterocycles. The van der Waals surface area contributed by atoms with Gasteiger partial charge < -0.3 is 15.4 Å². The number of ether oxygens (including phenoxy) is 1. The van der Waals surface area contributed by atoms with Gasteiger partial charge in [-0.3, -0.25) is 19.8 Å². The number of hydrogen-bond donors (Lipinski definition) is 3. The summed E-state index contributed by atoms with van der Waals surface area (Å²) in [5.74, 6) is -2.30. The van der Waals surface area contributed by atoms with Crippen LogP contribution in [0.1, 0.15) is 23.3 Å². The van der Waals surface area contributed by atoms with Crippen molar-refractivity contribution in [1.82, 2.24) is 9.99 Å². The van der Waals surface area contributed by atoms with Crippen LogP contribution in [0.25, 0.3) is 10.9 Å². The van der Waals surface area contributed by atoms with Crippen LogP contribution in [0.15, 0.2) is 42.5 Å². The largest absolute Gasteiger partial charge is 0.376 e. The van der Waals surface area contributed by atoms with E-state index in [0.717, 1.165) is 12.8 Å². The number of hydrogen-bond acceptors (Lipinski definition) is 4. The Labute approximate surface area is 204 Å². The Balaban J connectivity index is 1.57. The number of nitrogens with zero attached hydrogens (tertiary/aromatic N) is 1. The molecule has 3 N–H and O–H groups in total. The lowest BCUT2D eigenvalue weighted by molar-refractivity contribution is -0.136. The van der Waals surface area contributed by atoms with Crippen LogP contribution < -0.4 is 16.1 Å². The third-order valence-electron chi connectivity index (χ3n) is 5.11. The fourth-order valence-corrected chi connectivity index (χ4v) is 3.97. The molecular weight excluding hydrogens is 491 g/mol. The number of carbonyl (C=O) groups excluding carboxylic acids is 3. The lowest BCUT2D eigenvalue weighted by Crippen LogP contribution is -2.42. The molecule has 8 nitrogen and oxygen atoms in total. The maximum atomic E-state index is 13.0. The summed E-state index contributed by atoms with van der Waals surface area (Å²) in [6.07, 6.45) is 1.63. The molecule has 0 radical (unpaired) electrons. The molecule has 1 atom stereocenters. The maximum Gasteiger partial charge on any atom is 0.328 e. The molecule has 2 heterocycles. The highest BCUT2D eigenvalue weighted by atomic mass is 35.5. The highest BCUT2D eigenvalue weighted by Crippen LogP contribution is 2.27. The normalized spacial score (nSPS) is 15.4. The van der Waals surface area contributed by atoms with Gasteiger partial charge in [0.25, 0.3) is 5.91 Å². The van der Waals surface area contributed by atoms with Gasteiger partial charge in [-0.2, -0.15) is 0 Å². The summed E-state index contributed by atoms with van der Waals surface area (Å²) in [7, 11) is 0. The quantitative estimate of drug-likeness (QED) is 0.448. The van der Waals surface area contributed by atoms with E-state index in [4.69, 9.17) is 39.5 Å². The van der Waals surface area contributed by atoms with Crippen molar-refractivity contribution in [2.24, 2.45) is 0 Å². The predicted octanol–water partition coefficient (Wildman–Crippen LogP) is 4.22. The lowest BCUT2D eigenvalue weighted by atomic mass is 10.2. The maximum absolute atomic E-state index is 13.0. The van der Waals surface area contributed by atoms with Gasteiger partial charge in [-0.25, -0.2) is 4.68 Å². The molecule has 0 aliphatic carbocycles. The number of benzene rings is 2. The first-order chi connectivity index (χ1) is 15.8. The molecule has 0 unspecified atom stereocenters. The monoisotopic (exact) mass is 508 g/mol. The molecule has 0 saturated carbocycles. The van der Waals surface area contributed by atoms with Gasteiger partial charge in [0.2, 0.25) is 0 Å². The average Bonchev–Trinajstić information content (AvgIpc) is 3.42. The van der Waals surface area contributed by atoms with Gasteiger partial charge in [0.15, 0.2) is 0 Å². The molecule has 0 spiro atoms. The zero-order valence-electron chi connectivity index (χ0n) is 17.2. The standard InChI is InChI=1S/C22H19Cl3N4O4/c23-13-3-6-18-12(8-13)9-19(20(30)27-14-4-5-16(24)17(25)10-14)29(18)28-22(32)21(31)26-11-15-2-1-7-33-15/h3-6,8-10,15H,1-2,7,11H2,(H,26,31)(H,27,30)(H,28,32)/t15-/m1/s1. The van der Waals surface area contributed by atoms with Crippen molar-refractivity contribution in [3.8, 4) is 0 Å². The van der Waals surface area contributed by atoms with E-state index in [1.165, 1.54) is 10.7 Å². The van der Waals surface area contributed by atoms with Gasteiger partial charge in [-0.1, -0.05) is 34.8 Å². The molecule has 1 aliphatic rings. The number of halogens is 3. The Morgan fingerprint density at radius 2 is 1.82 bits per heavy atom. The second-order valence-electron chi connectivity index (χ2n) is 7.44. The molecule has 1 fully saturated rings. The molecule has 3 aromatic rings. The highest BCUT2D eigenvalue weighted by Gasteiger charge is 2.23. The van der Waals surface area contributed by atoms with Crippen LogP contribution in [0.3, 0.4) is 0 Å². The van der Waals surface area contributed by atoms with E-state index in [1.54, 1.807) is 36.4 Å². The predicted molar refractivity (Wildman–Crippen MR) is 128 cm³/mol. The first kappa shape index (κ1) is 23.4. The molecule has 11 heteroatoms. The summed E-state index contributed by atoms with van der Waals surface area (Å²) in [4.78, 5) is 37.9. The molecule has 4 rings (SSSR count). The number of rotatable bonds is 5. The summed E-state index contributed by atoms with van der Waals surface area (Å²) >= 11 is 18.0. The first-order valence-electron chi connectivity index (χ1n) is 10.1. The van der Waals surface area contributed by atoms with Gasteiger partial charge in [0, 0.05) is 29.2 Å². The number of nitrogens with one attached hydrogen (secondary N) is 3. The second kappa shape index (κ2) is 10.0. The van der Waals surface area contributed by atoms with Crippen molar-refractivity contribution in [3.63, 3.8) is 0 Å². The molecule has 1 saturated heterocycles. The van der Waals surface area contributed by atoms with Gasteiger partial charge in [0.1, 0.15) is 5.69 Å². The number of fused-ring (bicyclic) bond motifs is 1. The fraction of sp³-hybridized carbons (Fsp3) is 0.227. The van der Waals surface area contributed by atoms with E-state index in [0.29, 0.717) is 33.2 Å². The molecule has 33 heavy (non-hydrogen) atoms. The Kier molecular flexibility index (Phi) is 7.09. The SMILES string of the molecule is O=C(NC[C@H]1CCCO1)C(=O)Nn1c(C(=O)Nc2ccc(Cl)c(Cl)c2)cc2cc(Cl)ccc21. The summed E-state index contributed by atoms with van der Waals surface area (Å²) in [5, 5.41) is 6.94. The molecule has 172 valence electrons. The van der Waals surface area contributed by atoms with Crippen LogP contribution >= 0.6 is 34.8 Å². The van der Waals surface area contributed by atoms with Crippen LogP contribution in [0, 0.1) is 0 Å². The topological polar surface area (TPSA) is 101 Å². The minimum absolute atomic E-state index is 0.0821. The van der Waals surface area contributed by atoms with E-state index in [9.17, 15) is 14.4 Å². The zero-order valence-corrected chi connectivity index (χ0v) is 19.4. The van der Waals surface area contributed by atoms with Gasteiger partial charge in [0.05, 0.1) is 21.7 Å². The van der Waals surface area contributed by atoms with E-state index in [2.05, 4.69) is 16.1 Å². The van der Waals surface area contributed by atoms with Crippen LogP contribution in [0.4, 0.5) is 5.69 Å². The number of carbonyl (C=O) groups is 3. The van der Waals surface area contributed by atoms with Crippen molar-refractivity contribution in [3.05, 3.63) is 63.2 Å². The summed E-state index contributed by atoms with van der Waals surface area (Å²) in [6.45, 7) is 0.876. The van der Waals surface area contributed by atoms with Crippen molar-refractivity contribution in [2.75, 3.05) is 23.9 Å². The molecule has 1 aromatic heterocycles. The summed E-state index contributed by atoms with van der Waals surface area (Å²) < 4.78 is 6.69. The van der Waals surface area contributed by atoms with Crippen molar-refractivity contribution in [2.45, 2.75) is 18.9 Å². The molecular formula is C22H19Cl3N4O4. The van der Waals surface area contributed by atoms with Crippen LogP contribution in [0.5, 0.6) is 0 Å². The smallest absolute Gasteiger partial charge is 0.328 e.